The molecule has 2 N–H and O–H groups in total. The fourth-order valence-corrected chi connectivity index (χ4v) is 2.11. The van der Waals surface area contributed by atoms with Gasteiger partial charge in [-0.2, -0.15) is 5.10 Å². The molecule has 1 aromatic carbocycles. The first-order chi connectivity index (χ1) is 8.83. The van der Waals surface area contributed by atoms with Gasteiger partial charge in [-0.1, -0.05) is 12.1 Å². The summed E-state index contributed by atoms with van der Waals surface area (Å²) in [6.07, 6.45) is 4.62. The Morgan fingerprint density at radius 2 is 2.28 bits per heavy atom. The largest absolute Gasteiger partial charge is 0.504 e. The fraction of sp³-hybridized carbons (Fsp3) is 0.308. The van der Waals surface area contributed by atoms with Crippen molar-refractivity contribution in [3.63, 3.8) is 0 Å². The van der Waals surface area contributed by atoms with Crippen molar-refractivity contribution in [1.82, 2.24) is 15.1 Å². The maximum atomic E-state index is 9.63. The summed E-state index contributed by atoms with van der Waals surface area (Å²) in [6.45, 7) is 1.97. The van der Waals surface area contributed by atoms with Gasteiger partial charge in [-0.05, 0) is 25.1 Å². The highest BCUT2D eigenvalue weighted by Gasteiger charge is 2.17. The highest BCUT2D eigenvalue weighted by atomic mass is 16.5. The van der Waals surface area contributed by atoms with Gasteiger partial charge in [0.05, 0.1) is 18.4 Å². The highest BCUT2D eigenvalue weighted by Crippen LogP contribution is 2.30. The molecule has 0 bridgehead atoms. The Hall–Kier alpha value is -2.01. The zero-order valence-electron chi connectivity index (χ0n) is 9.91. The molecular formula is C13H15N3O2. The minimum Gasteiger partial charge on any atom is -0.504 e. The number of hydrogen-bond acceptors (Lipinski definition) is 4. The molecule has 3 rings (SSSR count). The van der Waals surface area contributed by atoms with E-state index >= 15 is 0 Å². The van der Waals surface area contributed by atoms with Crippen molar-refractivity contribution >= 4 is 0 Å². The summed E-state index contributed by atoms with van der Waals surface area (Å²) < 4.78 is 7.51. The zero-order chi connectivity index (χ0) is 12.4. The van der Waals surface area contributed by atoms with E-state index in [2.05, 4.69) is 10.4 Å². The van der Waals surface area contributed by atoms with E-state index < -0.39 is 0 Å². The number of nitrogens with one attached hydrogen (secondary N) is 1. The molecule has 5 heteroatoms. The maximum absolute atomic E-state index is 9.63. The molecule has 18 heavy (non-hydrogen) atoms. The molecule has 1 aliphatic rings. The van der Waals surface area contributed by atoms with Crippen LogP contribution in [0.3, 0.4) is 0 Å². The van der Waals surface area contributed by atoms with Crippen molar-refractivity contribution in [1.29, 1.82) is 0 Å². The first kappa shape index (κ1) is 11.1. The Bertz CT molecular complexity index is 533. The molecule has 1 atom stereocenters. The SMILES string of the molecule is Oc1ccccc1Oc1cnn(C2CCNC2)c1. The van der Waals surface area contributed by atoms with Gasteiger partial charge in [-0.25, -0.2) is 0 Å². The minimum atomic E-state index is 0.132. The molecule has 1 unspecified atom stereocenters. The monoisotopic (exact) mass is 245 g/mol. The topological polar surface area (TPSA) is 59.3 Å². The standard InChI is InChI=1S/C13H15N3O2/c17-12-3-1-2-4-13(12)18-11-8-15-16(9-11)10-5-6-14-7-10/h1-4,8-10,14,17H,5-7H2. The fourth-order valence-electron chi connectivity index (χ4n) is 2.11. The molecular weight excluding hydrogens is 230 g/mol. The van der Waals surface area contributed by atoms with E-state index in [1.165, 1.54) is 0 Å². The van der Waals surface area contributed by atoms with Crippen LogP contribution in [0.15, 0.2) is 36.7 Å². The van der Waals surface area contributed by atoms with Gasteiger partial charge >= 0.3 is 0 Å². The number of benzene rings is 1. The molecule has 5 nitrogen and oxygen atoms in total. The summed E-state index contributed by atoms with van der Waals surface area (Å²) in [5.74, 6) is 1.22. The lowest BCUT2D eigenvalue weighted by Crippen LogP contribution is -2.13. The van der Waals surface area contributed by atoms with Crippen molar-refractivity contribution in [2.75, 3.05) is 13.1 Å². The highest BCUT2D eigenvalue weighted by molar-refractivity contribution is 5.40. The van der Waals surface area contributed by atoms with Crippen molar-refractivity contribution in [3.05, 3.63) is 36.7 Å². The predicted molar refractivity (Wildman–Crippen MR) is 66.9 cm³/mol. The second-order valence-corrected chi connectivity index (χ2v) is 4.37. The van der Waals surface area contributed by atoms with Crippen LogP contribution in [0.1, 0.15) is 12.5 Å². The number of nitrogens with zero attached hydrogens (tertiary/aromatic N) is 2. The molecule has 2 aromatic rings. The second kappa shape index (κ2) is 4.70. The number of ether oxygens (including phenoxy) is 1. The van der Waals surface area contributed by atoms with E-state index in [9.17, 15) is 5.11 Å². The van der Waals surface area contributed by atoms with Gasteiger partial charge in [0, 0.05) is 6.54 Å². The van der Waals surface area contributed by atoms with Crippen molar-refractivity contribution < 1.29 is 9.84 Å². The van der Waals surface area contributed by atoms with Gasteiger partial charge in [-0.3, -0.25) is 4.68 Å². The number of rotatable bonds is 3. The van der Waals surface area contributed by atoms with Gasteiger partial charge in [-0.15, -0.1) is 0 Å². The smallest absolute Gasteiger partial charge is 0.169 e. The third kappa shape index (κ3) is 2.17. The Labute approximate surface area is 105 Å². The molecule has 1 aromatic heterocycles. The second-order valence-electron chi connectivity index (χ2n) is 4.37. The van der Waals surface area contributed by atoms with Gasteiger partial charge < -0.3 is 15.2 Å². The minimum absolute atomic E-state index is 0.132. The van der Waals surface area contributed by atoms with Crippen LogP contribution >= 0.6 is 0 Å². The molecule has 0 amide bonds. The Morgan fingerprint density at radius 1 is 1.39 bits per heavy atom. The number of phenolic OH excluding ortho intramolecular Hbond substituents is 1. The van der Waals surface area contributed by atoms with Crippen LogP contribution in [0.2, 0.25) is 0 Å². The van der Waals surface area contributed by atoms with Crippen LogP contribution in [0.5, 0.6) is 17.2 Å². The Morgan fingerprint density at radius 3 is 3.06 bits per heavy atom. The lowest BCUT2D eigenvalue weighted by molar-refractivity contribution is 0.410. The average Bonchev–Trinajstić information content (AvgIpc) is 3.02. The van der Waals surface area contributed by atoms with E-state index in [-0.39, 0.29) is 5.75 Å². The van der Waals surface area contributed by atoms with Crippen LogP contribution < -0.4 is 10.1 Å². The molecule has 0 radical (unpaired) electrons. The number of para-hydroxylation sites is 2. The van der Waals surface area contributed by atoms with Gasteiger partial charge in [0.2, 0.25) is 0 Å². The summed E-state index contributed by atoms with van der Waals surface area (Å²) in [5, 5.41) is 17.2. The molecule has 0 saturated carbocycles. The van der Waals surface area contributed by atoms with Crippen LogP contribution in [0.4, 0.5) is 0 Å². The summed E-state index contributed by atoms with van der Waals surface area (Å²) in [7, 11) is 0. The number of phenols is 1. The van der Waals surface area contributed by atoms with Gasteiger partial charge in [0.15, 0.2) is 17.2 Å². The van der Waals surface area contributed by atoms with E-state index in [4.69, 9.17) is 4.74 Å². The molecule has 1 fully saturated rings. The van der Waals surface area contributed by atoms with E-state index in [0.29, 0.717) is 17.5 Å². The van der Waals surface area contributed by atoms with E-state index in [1.54, 1.807) is 24.4 Å². The van der Waals surface area contributed by atoms with Crippen LogP contribution in [0.25, 0.3) is 0 Å². The molecule has 0 aliphatic carbocycles. The van der Waals surface area contributed by atoms with E-state index in [0.717, 1.165) is 19.5 Å². The molecule has 0 spiro atoms. The Kier molecular flexibility index (Phi) is 2.90. The average molecular weight is 245 g/mol. The quantitative estimate of drug-likeness (QED) is 0.867. The molecule has 1 aliphatic heterocycles. The Balaban J connectivity index is 1.75. The molecule has 94 valence electrons. The van der Waals surface area contributed by atoms with E-state index in [1.807, 2.05) is 16.9 Å². The summed E-state index contributed by atoms with van der Waals surface area (Å²) in [4.78, 5) is 0. The lowest BCUT2D eigenvalue weighted by atomic mass is 10.3. The summed E-state index contributed by atoms with van der Waals surface area (Å²) >= 11 is 0. The van der Waals surface area contributed by atoms with Gasteiger partial charge in [0.1, 0.15) is 0 Å². The molecule has 1 saturated heterocycles. The normalized spacial score (nSPS) is 19.0. The first-order valence-corrected chi connectivity index (χ1v) is 6.03. The summed E-state index contributed by atoms with van der Waals surface area (Å²) in [5.41, 5.74) is 0. The lowest BCUT2D eigenvalue weighted by Gasteiger charge is -2.08. The van der Waals surface area contributed by atoms with Gasteiger partial charge in [0.25, 0.3) is 0 Å². The predicted octanol–water partition coefficient (Wildman–Crippen LogP) is 1.92. The van der Waals surface area contributed by atoms with Crippen LogP contribution in [0, 0.1) is 0 Å². The zero-order valence-corrected chi connectivity index (χ0v) is 9.91. The number of aromatic nitrogens is 2. The van der Waals surface area contributed by atoms with Crippen LogP contribution in [-0.2, 0) is 0 Å². The molecule has 2 heterocycles. The summed E-state index contributed by atoms with van der Waals surface area (Å²) in [6, 6.07) is 7.30. The van der Waals surface area contributed by atoms with Crippen molar-refractivity contribution in [2.24, 2.45) is 0 Å². The first-order valence-electron chi connectivity index (χ1n) is 6.03. The third-order valence-electron chi connectivity index (χ3n) is 3.08. The van der Waals surface area contributed by atoms with Crippen molar-refractivity contribution in [3.8, 4) is 17.2 Å². The maximum Gasteiger partial charge on any atom is 0.169 e. The number of hydrogen-bond donors (Lipinski definition) is 2. The van der Waals surface area contributed by atoms with Crippen LogP contribution in [-0.4, -0.2) is 28.0 Å². The number of aromatic hydroxyl groups is 1. The van der Waals surface area contributed by atoms with Crippen molar-refractivity contribution in [2.45, 2.75) is 12.5 Å². The third-order valence-corrected chi connectivity index (χ3v) is 3.08.